The van der Waals surface area contributed by atoms with Gasteiger partial charge in [-0.25, -0.2) is 5.84 Å². The third-order valence-corrected chi connectivity index (χ3v) is 2.12. The van der Waals surface area contributed by atoms with Gasteiger partial charge in [-0.2, -0.15) is 5.10 Å². The minimum absolute atomic E-state index is 0.706. The predicted molar refractivity (Wildman–Crippen MR) is 57.0 cm³/mol. The van der Waals surface area contributed by atoms with Gasteiger partial charge in [-0.3, -0.25) is 9.67 Å². The molecule has 0 atom stereocenters. The van der Waals surface area contributed by atoms with Crippen LogP contribution in [0.4, 0.5) is 0 Å². The van der Waals surface area contributed by atoms with Crippen LogP contribution in [-0.2, 0) is 7.05 Å². The molecule has 1 aromatic rings. The molecule has 0 aromatic carbocycles. The summed E-state index contributed by atoms with van der Waals surface area (Å²) in [6.07, 6.45) is 2.77. The topological polar surface area (TPSA) is 68.2 Å². The van der Waals surface area contributed by atoms with Crippen molar-refractivity contribution in [2.45, 2.75) is 20.3 Å². The van der Waals surface area contributed by atoms with Crippen molar-refractivity contribution in [3.05, 3.63) is 17.5 Å². The second-order valence-electron chi connectivity index (χ2n) is 3.14. The van der Waals surface area contributed by atoms with Gasteiger partial charge in [0.25, 0.3) is 0 Å². The van der Waals surface area contributed by atoms with Crippen LogP contribution in [0.15, 0.2) is 11.2 Å². The summed E-state index contributed by atoms with van der Waals surface area (Å²) in [6, 6.07) is 0. The zero-order chi connectivity index (χ0) is 10.6. The van der Waals surface area contributed by atoms with Crippen molar-refractivity contribution in [1.82, 2.24) is 15.2 Å². The molecule has 0 amide bonds. The summed E-state index contributed by atoms with van der Waals surface area (Å²) in [5.74, 6) is 6.11. The summed E-state index contributed by atoms with van der Waals surface area (Å²) >= 11 is 0. The van der Waals surface area contributed by atoms with E-state index in [1.807, 2.05) is 14.0 Å². The number of amidine groups is 1. The Kier molecular flexibility index (Phi) is 3.64. The molecular formula is C9H17N5. The average Bonchev–Trinajstić information content (AvgIpc) is 2.51. The van der Waals surface area contributed by atoms with Crippen molar-refractivity contribution in [2.75, 3.05) is 6.54 Å². The minimum Gasteiger partial charge on any atom is -0.308 e. The molecule has 0 saturated heterocycles. The molecule has 1 rings (SSSR count). The highest BCUT2D eigenvalue weighted by molar-refractivity contribution is 5.99. The summed E-state index contributed by atoms with van der Waals surface area (Å²) in [6.45, 7) is 4.84. The molecule has 5 heteroatoms. The lowest BCUT2D eigenvalue weighted by molar-refractivity contribution is 0.739. The molecule has 1 aromatic heterocycles. The Morgan fingerprint density at radius 1 is 1.71 bits per heavy atom. The smallest absolute Gasteiger partial charge is 0.145 e. The summed E-state index contributed by atoms with van der Waals surface area (Å²) in [7, 11) is 1.90. The van der Waals surface area contributed by atoms with Gasteiger partial charge in [-0.15, -0.1) is 0 Å². The number of aromatic nitrogens is 2. The lowest BCUT2D eigenvalue weighted by Crippen LogP contribution is -2.31. The second-order valence-corrected chi connectivity index (χ2v) is 3.14. The normalized spacial score (nSPS) is 11.9. The molecule has 0 aliphatic carbocycles. The number of rotatable bonds is 3. The van der Waals surface area contributed by atoms with Crippen molar-refractivity contribution >= 4 is 5.84 Å². The molecule has 0 aliphatic heterocycles. The number of aliphatic imine (C=N–C) groups is 1. The van der Waals surface area contributed by atoms with Crippen molar-refractivity contribution in [2.24, 2.45) is 17.9 Å². The number of nitrogens with zero attached hydrogens (tertiary/aromatic N) is 3. The van der Waals surface area contributed by atoms with Crippen molar-refractivity contribution in [3.63, 3.8) is 0 Å². The molecule has 78 valence electrons. The quantitative estimate of drug-likeness (QED) is 0.316. The molecular weight excluding hydrogens is 178 g/mol. The molecule has 0 spiro atoms. The van der Waals surface area contributed by atoms with Gasteiger partial charge in [-0.1, -0.05) is 6.92 Å². The zero-order valence-electron chi connectivity index (χ0n) is 8.91. The molecule has 1 heterocycles. The summed E-state index contributed by atoms with van der Waals surface area (Å²) in [4.78, 5) is 4.33. The number of hydrogen-bond acceptors (Lipinski definition) is 3. The minimum atomic E-state index is 0.706. The van der Waals surface area contributed by atoms with Gasteiger partial charge < -0.3 is 5.43 Å². The molecule has 0 fully saturated rings. The average molecular weight is 195 g/mol. The number of hydrazine groups is 1. The van der Waals surface area contributed by atoms with Gasteiger partial charge in [0, 0.05) is 19.3 Å². The van der Waals surface area contributed by atoms with Crippen molar-refractivity contribution in [1.29, 1.82) is 0 Å². The van der Waals surface area contributed by atoms with Crippen LogP contribution in [-0.4, -0.2) is 22.2 Å². The van der Waals surface area contributed by atoms with Crippen LogP contribution < -0.4 is 11.3 Å². The van der Waals surface area contributed by atoms with Gasteiger partial charge in [0.2, 0.25) is 0 Å². The molecule has 14 heavy (non-hydrogen) atoms. The van der Waals surface area contributed by atoms with Crippen LogP contribution in [0, 0.1) is 6.92 Å². The van der Waals surface area contributed by atoms with Crippen LogP contribution in [0.3, 0.4) is 0 Å². The van der Waals surface area contributed by atoms with Gasteiger partial charge in [0.1, 0.15) is 5.84 Å². The lowest BCUT2D eigenvalue weighted by Gasteiger charge is -2.04. The molecule has 3 N–H and O–H groups in total. The molecule has 0 aliphatic rings. The first-order chi connectivity index (χ1) is 6.70. The molecule has 0 bridgehead atoms. The Balaban J connectivity index is 2.95. The molecule has 0 unspecified atom stereocenters. The Morgan fingerprint density at radius 3 is 2.86 bits per heavy atom. The third kappa shape index (κ3) is 2.11. The van der Waals surface area contributed by atoms with Crippen LogP contribution >= 0.6 is 0 Å². The molecule has 0 saturated carbocycles. The van der Waals surface area contributed by atoms with E-state index in [0.717, 1.165) is 24.2 Å². The van der Waals surface area contributed by atoms with E-state index in [0.29, 0.717) is 5.84 Å². The Labute approximate surface area is 84.0 Å². The highest BCUT2D eigenvalue weighted by Gasteiger charge is 2.08. The Hall–Kier alpha value is -1.36. The monoisotopic (exact) mass is 195 g/mol. The van der Waals surface area contributed by atoms with E-state index in [1.165, 1.54) is 0 Å². The van der Waals surface area contributed by atoms with Crippen LogP contribution in [0.25, 0.3) is 0 Å². The largest absolute Gasteiger partial charge is 0.308 e. The number of aryl methyl sites for hydroxylation is 1. The number of nitrogens with two attached hydrogens (primary N) is 1. The number of nitrogens with one attached hydrogen (secondary N) is 1. The first kappa shape index (κ1) is 10.7. The fraction of sp³-hybridized carbons (Fsp3) is 0.556. The fourth-order valence-corrected chi connectivity index (χ4v) is 1.16. The summed E-state index contributed by atoms with van der Waals surface area (Å²) in [5, 5.41) is 4.13. The van der Waals surface area contributed by atoms with E-state index in [9.17, 15) is 0 Å². The molecule has 0 radical (unpaired) electrons. The van der Waals surface area contributed by atoms with E-state index in [2.05, 4.69) is 22.4 Å². The SMILES string of the molecule is CCCN=C(NN)c1cnn(C)c1C. The maximum absolute atomic E-state index is 5.41. The maximum atomic E-state index is 5.41. The van der Waals surface area contributed by atoms with Crippen molar-refractivity contribution < 1.29 is 0 Å². The highest BCUT2D eigenvalue weighted by Crippen LogP contribution is 2.05. The van der Waals surface area contributed by atoms with E-state index in [1.54, 1.807) is 10.9 Å². The van der Waals surface area contributed by atoms with Crippen LogP contribution in [0.2, 0.25) is 0 Å². The summed E-state index contributed by atoms with van der Waals surface area (Å²) < 4.78 is 1.80. The lowest BCUT2D eigenvalue weighted by atomic mass is 10.2. The van der Waals surface area contributed by atoms with E-state index in [4.69, 9.17) is 5.84 Å². The van der Waals surface area contributed by atoms with E-state index < -0.39 is 0 Å². The number of hydrogen-bond donors (Lipinski definition) is 2. The highest BCUT2D eigenvalue weighted by atomic mass is 15.3. The van der Waals surface area contributed by atoms with E-state index in [-0.39, 0.29) is 0 Å². The molecule has 5 nitrogen and oxygen atoms in total. The van der Waals surface area contributed by atoms with E-state index >= 15 is 0 Å². The Bertz CT molecular complexity index is 326. The van der Waals surface area contributed by atoms with Crippen molar-refractivity contribution in [3.8, 4) is 0 Å². The zero-order valence-corrected chi connectivity index (χ0v) is 8.91. The first-order valence-corrected chi connectivity index (χ1v) is 4.70. The van der Waals surface area contributed by atoms with Gasteiger partial charge in [-0.05, 0) is 13.3 Å². The maximum Gasteiger partial charge on any atom is 0.145 e. The Morgan fingerprint density at radius 2 is 2.43 bits per heavy atom. The van der Waals surface area contributed by atoms with Gasteiger partial charge in [0.05, 0.1) is 11.8 Å². The second kappa shape index (κ2) is 4.76. The fourth-order valence-electron chi connectivity index (χ4n) is 1.16. The van der Waals surface area contributed by atoms with Crippen LogP contribution in [0.5, 0.6) is 0 Å². The standard InChI is InChI=1S/C9H17N5/c1-4-5-11-9(13-10)8-6-12-14(3)7(8)2/h6H,4-5,10H2,1-3H3,(H,11,13). The van der Waals surface area contributed by atoms with Crippen LogP contribution in [0.1, 0.15) is 24.6 Å². The van der Waals surface area contributed by atoms with Gasteiger partial charge in [0.15, 0.2) is 0 Å². The van der Waals surface area contributed by atoms with Gasteiger partial charge >= 0.3 is 0 Å². The summed E-state index contributed by atoms with van der Waals surface area (Å²) in [5.41, 5.74) is 4.62. The third-order valence-electron chi connectivity index (χ3n) is 2.12. The first-order valence-electron chi connectivity index (χ1n) is 4.70. The predicted octanol–water partition coefficient (Wildman–Crippen LogP) is 0.348.